The van der Waals surface area contributed by atoms with E-state index in [1.165, 1.54) is 7.11 Å². The molecule has 0 radical (unpaired) electrons. The van der Waals surface area contributed by atoms with Crippen LogP contribution in [0.15, 0.2) is 0 Å². The summed E-state index contributed by atoms with van der Waals surface area (Å²) in [5.41, 5.74) is 0. The molecule has 15 heavy (non-hydrogen) atoms. The molecule has 0 aliphatic heterocycles. The van der Waals surface area contributed by atoms with Crippen LogP contribution in [0.3, 0.4) is 0 Å². The van der Waals surface area contributed by atoms with Crippen molar-refractivity contribution in [2.75, 3.05) is 13.7 Å². The first-order valence-corrected chi connectivity index (χ1v) is 4.65. The average molecular weight is 220 g/mol. The quantitative estimate of drug-likeness (QED) is 0.343. The van der Waals surface area contributed by atoms with Gasteiger partial charge < -0.3 is 19.7 Å². The summed E-state index contributed by atoms with van der Waals surface area (Å²) in [6.07, 6.45) is -0.0955. The Bertz CT molecular complexity index is 203. The molecule has 0 amide bonds. The Kier molecular flexibility index (Phi) is 7.57. The molecule has 88 valence electrons. The summed E-state index contributed by atoms with van der Waals surface area (Å²) in [5.74, 6) is -0.917. The molecule has 0 spiro atoms. The van der Waals surface area contributed by atoms with Gasteiger partial charge in [-0.2, -0.15) is 0 Å². The number of unbranched alkanes of at least 4 members (excludes halogenated alkanes) is 1. The van der Waals surface area contributed by atoms with Gasteiger partial charge in [0.1, 0.15) is 6.61 Å². The van der Waals surface area contributed by atoms with Gasteiger partial charge in [0.2, 0.25) is 6.29 Å². The topological polar surface area (TPSA) is 93.1 Å². The number of hydrogen-bond donors (Lipinski definition) is 2. The monoisotopic (exact) mass is 220 g/mol. The van der Waals surface area contributed by atoms with Crippen molar-refractivity contribution in [3.05, 3.63) is 0 Å². The Balaban J connectivity index is 3.43. The zero-order valence-electron chi connectivity index (χ0n) is 8.64. The summed E-state index contributed by atoms with van der Waals surface area (Å²) >= 11 is 0. The zero-order valence-corrected chi connectivity index (χ0v) is 8.64. The Morgan fingerprint density at radius 2 is 1.73 bits per heavy atom. The van der Waals surface area contributed by atoms with Crippen LogP contribution in [0.4, 0.5) is 0 Å². The van der Waals surface area contributed by atoms with Gasteiger partial charge >= 0.3 is 11.9 Å². The molecule has 0 bridgehead atoms. The standard InChI is InChI=1S/C9H16O6/c1-14-7(11)4-2-3-5-8(12)15-9(13)6-10/h9-10,13H,2-6H2,1H3. The molecular weight excluding hydrogens is 204 g/mol. The van der Waals surface area contributed by atoms with Crippen molar-refractivity contribution in [1.82, 2.24) is 0 Å². The molecule has 0 aromatic rings. The summed E-state index contributed by atoms with van der Waals surface area (Å²) in [6.45, 7) is -0.617. The van der Waals surface area contributed by atoms with Gasteiger partial charge in [0, 0.05) is 12.8 Å². The molecule has 0 fully saturated rings. The van der Waals surface area contributed by atoms with Crippen molar-refractivity contribution >= 4 is 11.9 Å². The number of ether oxygens (including phenoxy) is 2. The molecule has 0 aliphatic rings. The van der Waals surface area contributed by atoms with E-state index in [1.54, 1.807) is 0 Å². The number of esters is 2. The summed E-state index contributed by atoms with van der Waals surface area (Å²) < 4.78 is 8.79. The molecule has 0 aromatic carbocycles. The smallest absolute Gasteiger partial charge is 0.308 e. The molecule has 2 N–H and O–H groups in total. The van der Waals surface area contributed by atoms with E-state index in [4.69, 9.17) is 10.2 Å². The zero-order chi connectivity index (χ0) is 11.7. The summed E-state index contributed by atoms with van der Waals surface area (Å²) in [4.78, 5) is 21.6. The first kappa shape index (κ1) is 13.9. The Labute approximate surface area is 87.8 Å². The molecule has 6 nitrogen and oxygen atoms in total. The molecule has 1 unspecified atom stereocenters. The average Bonchev–Trinajstić information content (AvgIpc) is 2.23. The summed E-state index contributed by atoms with van der Waals surface area (Å²) in [6, 6.07) is 0. The maximum atomic E-state index is 10.9. The Hall–Kier alpha value is -1.14. The largest absolute Gasteiger partial charge is 0.469 e. The third-order valence-electron chi connectivity index (χ3n) is 1.66. The van der Waals surface area contributed by atoms with E-state index in [0.717, 1.165) is 0 Å². The van der Waals surface area contributed by atoms with Crippen LogP contribution in [0.2, 0.25) is 0 Å². The molecule has 0 aliphatic carbocycles. The van der Waals surface area contributed by atoms with Crippen LogP contribution in [-0.4, -0.2) is 42.2 Å². The van der Waals surface area contributed by atoms with Gasteiger partial charge in [-0.3, -0.25) is 9.59 Å². The molecule has 0 saturated carbocycles. The van der Waals surface area contributed by atoms with E-state index in [1.807, 2.05) is 0 Å². The van der Waals surface area contributed by atoms with Crippen LogP contribution >= 0.6 is 0 Å². The van der Waals surface area contributed by atoms with Crippen molar-refractivity contribution in [3.8, 4) is 0 Å². The van der Waals surface area contributed by atoms with Gasteiger partial charge in [0.05, 0.1) is 7.11 Å². The maximum Gasteiger partial charge on any atom is 0.308 e. The van der Waals surface area contributed by atoms with Gasteiger partial charge in [0.25, 0.3) is 0 Å². The lowest BCUT2D eigenvalue weighted by molar-refractivity contribution is -0.173. The van der Waals surface area contributed by atoms with Crippen LogP contribution in [0.1, 0.15) is 25.7 Å². The van der Waals surface area contributed by atoms with Crippen LogP contribution in [0.25, 0.3) is 0 Å². The number of aliphatic hydroxyl groups excluding tert-OH is 2. The predicted octanol–water partition coefficient (Wildman–Crippen LogP) is -0.426. The number of carbonyl (C=O) groups excluding carboxylic acids is 2. The third-order valence-corrected chi connectivity index (χ3v) is 1.66. The second kappa shape index (κ2) is 8.19. The van der Waals surface area contributed by atoms with Crippen LogP contribution < -0.4 is 0 Å². The molecule has 6 heteroatoms. The lowest BCUT2D eigenvalue weighted by Gasteiger charge is -2.08. The summed E-state index contributed by atoms with van der Waals surface area (Å²) in [5, 5.41) is 17.1. The van der Waals surface area contributed by atoms with Gasteiger partial charge in [-0.15, -0.1) is 0 Å². The maximum absolute atomic E-state index is 10.9. The normalized spacial score (nSPS) is 11.9. The van der Waals surface area contributed by atoms with Crippen molar-refractivity contribution in [3.63, 3.8) is 0 Å². The Morgan fingerprint density at radius 1 is 1.20 bits per heavy atom. The van der Waals surface area contributed by atoms with Gasteiger partial charge in [-0.1, -0.05) is 0 Å². The highest BCUT2D eigenvalue weighted by molar-refractivity contribution is 5.70. The molecular formula is C9H16O6. The second-order valence-electron chi connectivity index (χ2n) is 2.91. The van der Waals surface area contributed by atoms with Crippen molar-refractivity contribution in [2.24, 2.45) is 0 Å². The number of hydrogen-bond acceptors (Lipinski definition) is 6. The molecule has 0 saturated heterocycles. The number of carbonyl (C=O) groups is 2. The molecule has 1 atom stereocenters. The van der Waals surface area contributed by atoms with Crippen LogP contribution in [-0.2, 0) is 19.1 Å². The fraction of sp³-hybridized carbons (Fsp3) is 0.778. The second-order valence-corrected chi connectivity index (χ2v) is 2.91. The molecule has 0 rings (SSSR count). The van der Waals surface area contributed by atoms with E-state index in [-0.39, 0.29) is 18.8 Å². The van der Waals surface area contributed by atoms with Gasteiger partial charge in [0.15, 0.2) is 0 Å². The van der Waals surface area contributed by atoms with Crippen molar-refractivity contribution in [2.45, 2.75) is 32.0 Å². The van der Waals surface area contributed by atoms with Gasteiger partial charge in [-0.05, 0) is 12.8 Å². The van der Waals surface area contributed by atoms with Crippen LogP contribution in [0.5, 0.6) is 0 Å². The number of rotatable bonds is 7. The number of methoxy groups -OCH3 is 1. The molecule has 0 aromatic heterocycles. The third kappa shape index (κ3) is 7.90. The highest BCUT2D eigenvalue weighted by Gasteiger charge is 2.09. The van der Waals surface area contributed by atoms with Crippen molar-refractivity contribution < 1.29 is 29.3 Å². The van der Waals surface area contributed by atoms with Crippen LogP contribution in [0, 0.1) is 0 Å². The highest BCUT2D eigenvalue weighted by Crippen LogP contribution is 2.03. The summed E-state index contributed by atoms with van der Waals surface area (Å²) in [7, 11) is 1.30. The molecule has 0 heterocycles. The minimum atomic E-state index is -1.46. The lowest BCUT2D eigenvalue weighted by Crippen LogP contribution is -2.20. The minimum Gasteiger partial charge on any atom is -0.469 e. The van der Waals surface area contributed by atoms with E-state index in [0.29, 0.717) is 12.8 Å². The highest BCUT2D eigenvalue weighted by atomic mass is 16.6. The van der Waals surface area contributed by atoms with E-state index < -0.39 is 18.9 Å². The SMILES string of the molecule is COC(=O)CCCCC(=O)OC(O)CO. The fourth-order valence-electron chi connectivity index (χ4n) is 0.889. The first-order valence-electron chi connectivity index (χ1n) is 4.65. The number of aliphatic hydroxyl groups is 2. The van der Waals surface area contributed by atoms with Gasteiger partial charge in [-0.25, -0.2) is 0 Å². The van der Waals surface area contributed by atoms with E-state index in [2.05, 4.69) is 9.47 Å². The predicted molar refractivity (Wildman–Crippen MR) is 49.7 cm³/mol. The lowest BCUT2D eigenvalue weighted by atomic mass is 10.2. The first-order chi connectivity index (χ1) is 7.10. The fourth-order valence-corrected chi connectivity index (χ4v) is 0.889. The Morgan fingerprint density at radius 3 is 2.20 bits per heavy atom. The van der Waals surface area contributed by atoms with E-state index in [9.17, 15) is 9.59 Å². The minimum absolute atomic E-state index is 0.105. The van der Waals surface area contributed by atoms with Crippen molar-refractivity contribution in [1.29, 1.82) is 0 Å². The van der Waals surface area contributed by atoms with E-state index >= 15 is 0 Å².